The molecule has 4 aliphatic rings. The quantitative estimate of drug-likeness (QED) is 0.605. The van der Waals surface area contributed by atoms with Gasteiger partial charge in [-0.25, -0.2) is 9.67 Å². The van der Waals surface area contributed by atoms with Crippen molar-refractivity contribution < 1.29 is 4.79 Å². The van der Waals surface area contributed by atoms with Crippen molar-refractivity contribution in [3.63, 3.8) is 0 Å². The summed E-state index contributed by atoms with van der Waals surface area (Å²) in [4.78, 5) is 18.0. The molecule has 7 rings (SSSR count). The van der Waals surface area contributed by atoms with E-state index in [1.807, 2.05) is 60.7 Å². The Bertz CT molecular complexity index is 1030. The maximum Gasteiger partial charge on any atom is 0.291 e. The molecule has 0 aliphatic heterocycles. The van der Waals surface area contributed by atoms with E-state index in [1.165, 1.54) is 38.5 Å². The number of aromatic nitrogens is 3. The van der Waals surface area contributed by atoms with E-state index < -0.39 is 0 Å². The van der Waals surface area contributed by atoms with Crippen LogP contribution in [0, 0.1) is 23.2 Å². The average molecular weight is 427 g/mol. The van der Waals surface area contributed by atoms with Crippen molar-refractivity contribution >= 4 is 5.91 Å². The maximum atomic E-state index is 13.3. The first-order valence-corrected chi connectivity index (χ1v) is 12.0. The van der Waals surface area contributed by atoms with Crippen LogP contribution in [0.1, 0.15) is 56.1 Å². The molecule has 0 saturated heterocycles. The fourth-order valence-electron chi connectivity index (χ4n) is 7.05. The third-order valence-corrected chi connectivity index (χ3v) is 8.19. The molecule has 1 N–H and O–H groups in total. The highest BCUT2D eigenvalue weighted by atomic mass is 16.2. The minimum absolute atomic E-state index is 0.146. The molecule has 1 aromatic heterocycles. The van der Waals surface area contributed by atoms with E-state index in [0.29, 0.717) is 5.82 Å². The van der Waals surface area contributed by atoms with Gasteiger partial charge in [0.05, 0.1) is 5.69 Å². The number of amides is 1. The fourth-order valence-corrected chi connectivity index (χ4v) is 7.05. The number of carbonyl (C=O) groups excluding carboxylic acids is 1. The lowest BCUT2D eigenvalue weighted by Crippen LogP contribution is -2.55. The SMILES string of the molecule is C[C@@H](NC(=O)c1nc(-c2ccccc2)n(-c2ccccc2)n1)C12CC3CC(CC(C3)C1)C2. The summed E-state index contributed by atoms with van der Waals surface area (Å²) >= 11 is 0. The van der Waals surface area contributed by atoms with Crippen molar-refractivity contribution in [2.45, 2.75) is 51.5 Å². The minimum atomic E-state index is -0.167. The average Bonchev–Trinajstić information content (AvgIpc) is 3.25. The number of nitrogens with one attached hydrogen (secondary N) is 1. The van der Waals surface area contributed by atoms with Gasteiger partial charge in [-0.05, 0) is 80.8 Å². The van der Waals surface area contributed by atoms with Crippen molar-refractivity contribution in [3.05, 3.63) is 66.5 Å². The van der Waals surface area contributed by atoms with Crippen LogP contribution in [-0.2, 0) is 0 Å². The molecule has 0 radical (unpaired) electrons. The maximum absolute atomic E-state index is 13.3. The molecule has 2 aromatic carbocycles. The van der Waals surface area contributed by atoms with E-state index in [-0.39, 0.29) is 23.2 Å². The largest absolute Gasteiger partial charge is 0.346 e. The van der Waals surface area contributed by atoms with Crippen LogP contribution in [0.15, 0.2) is 60.7 Å². The zero-order valence-corrected chi connectivity index (χ0v) is 18.6. The van der Waals surface area contributed by atoms with Gasteiger partial charge in [0.15, 0.2) is 5.82 Å². The lowest BCUT2D eigenvalue weighted by atomic mass is 9.48. The number of carbonyl (C=O) groups is 1. The van der Waals surface area contributed by atoms with Crippen LogP contribution in [-0.4, -0.2) is 26.7 Å². The lowest BCUT2D eigenvalue weighted by molar-refractivity contribution is -0.0688. The molecule has 4 bridgehead atoms. The highest BCUT2D eigenvalue weighted by molar-refractivity contribution is 5.91. The van der Waals surface area contributed by atoms with Crippen LogP contribution in [0.4, 0.5) is 0 Å². The Kier molecular flexibility index (Phi) is 4.67. The van der Waals surface area contributed by atoms with Crippen LogP contribution < -0.4 is 5.32 Å². The molecule has 0 unspecified atom stereocenters. The first-order chi connectivity index (χ1) is 15.6. The van der Waals surface area contributed by atoms with Gasteiger partial charge >= 0.3 is 0 Å². The van der Waals surface area contributed by atoms with E-state index in [1.54, 1.807) is 4.68 Å². The highest BCUT2D eigenvalue weighted by Gasteiger charge is 2.53. The molecule has 1 atom stereocenters. The van der Waals surface area contributed by atoms with E-state index in [2.05, 4.69) is 17.3 Å². The summed E-state index contributed by atoms with van der Waals surface area (Å²) in [5, 5.41) is 7.97. The van der Waals surface area contributed by atoms with Gasteiger partial charge in [0, 0.05) is 11.6 Å². The molecule has 4 saturated carbocycles. The van der Waals surface area contributed by atoms with E-state index in [0.717, 1.165) is 29.0 Å². The third kappa shape index (κ3) is 3.35. The lowest BCUT2D eigenvalue weighted by Gasteiger charge is -2.59. The molecular weight excluding hydrogens is 396 g/mol. The summed E-state index contributed by atoms with van der Waals surface area (Å²) in [6.07, 6.45) is 8.01. The molecule has 164 valence electrons. The number of hydrogen-bond acceptors (Lipinski definition) is 3. The number of rotatable bonds is 5. The van der Waals surface area contributed by atoms with Gasteiger partial charge in [0.25, 0.3) is 5.91 Å². The standard InChI is InChI=1S/C27H30N4O/c1-18(27-15-19-12-20(16-27)14-21(13-19)17-27)28-26(32)24-29-25(22-8-4-2-5-9-22)31(30-24)23-10-6-3-7-11-23/h2-11,18-21H,12-17H2,1H3,(H,28,32)/t18-,19?,20?,21?,27?/m1/s1. The number of benzene rings is 2. The van der Waals surface area contributed by atoms with Crippen molar-refractivity contribution in [2.24, 2.45) is 23.2 Å². The summed E-state index contributed by atoms with van der Waals surface area (Å²) in [5.41, 5.74) is 2.10. The molecule has 5 heteroatoms. The summed E-state index contributed by atoms with van der Waals surface area (Å²) in [6, 6.07) is 20.0. The molecule has 5 nitrogen and oxygen atoms in total. The number of nitrogens with zero attached hydrogens (tertiary/aromatic N) is 3. The van der Waals surface area contributed by atoms with E-state index in [4.69, 9.17) is 4.98 Å². The first-order valence-electron chi connectivity index (χ1n) is 12.0. The zero-order valence-electron chi connectivity index (χ0n) is 18.6. The molecule has 4 fully saturated rings. The Labute approximate surface area is 189 Å². The molecular formula is C27H30N4O. The van der Waals surface area contributed by atoms with Crippen LogP contribution >= 0.6 is 0 Å². The number of hydrogen-bond donors (Lipinski definition) is 1. The summed E-state index contributed by atoms with van der Waals surface area (Å²) in [6.45, 7) is 2.21. The van der Waals surface area contributed by atoms with Crippen LogP contribution in [0.25, 0.3) is 17.1 Å². The summed E-state index contributed by atoms with van der Waals surface area (Å²) in [7, 11) is 0. The molecule has 4 aliphatic carbocycles. The number of para-hydroxylation sites is 1. The minimum Gasteiger partial charge on any atom is -0.346 e. The molecule has 32 heavy (non-hydrogen) atoms. The Morgan fingerprint density at radius 2 is 1.50 bits per heavy atom. The summed E-state index contributed by atoms with van der Waals surface area (Å²) in [5.74, 6) is 3.34. The highest BCUT2D eigenvalue weighted by Crippen LogP contribution is 2.61. The molecule has 1 heterocycles. The van der Waals surface area contributed by atoms with Crippen LogP contribution in [0.5, 0.6) is 0 Å². The molecule has 0 spiro atoms. The van der Waals surface area contributed by atoms with E-state index in [9.17, 15) is 4.79 Å². The first kappa shape index (κ1) is 19.7. The normalized spacial score (nSPS) is 29.1. The van der Waals surface area contributed by atoms with Gasteiger partial charge in [-0.2, -0.15) is 0 Å². The predicted molar refractivity (Wildman–Crippen MR) is 124 cm³/mol. The van der Waals surface area contributed by atoms with Crippen LogP contribution in [0.3, 0.4) is 0 Å². The zero-order chi connectivity index (χ0) is 21.7. The van der Waals surface area contributed by atoms with Gasteiger partial charge in [0.1, 0.15) is 0 Å². The second-order valence-corrected chi connectivity index (χ2v) is 10.3. The Hall–Kier alpha value is -2.95. The molecule has 1 amide bonds. The third-order valence-electron chi connectivity index (χ3n) is 8.19. The van der Waals surface area contributed by atoms with Gasteiger partial charge in [-0.15, -0.1) is 5.10 Å². The van der Waals surface area contributed by atoms with Crippen molar-refractivity contribution in [1.82, 2.24) is 20.1 Å². The van der Waals surface area contributed by atoms with Gasteiger partial charge in [-0.3, -0.25) is 4.79 Å². The fraction of sp³-hybridized carbons (Fsp3) is 0.444. The van der Waals surface area contributed by atoms with Crippen LogP contribution in [0.2, 0.25) is 0 Å². The van der Waals surface area contributed by atoms with Gasteiger partial charge < -0.3 is 5.32 Å². The second kappa shape index (κ2) is 7.58. The smallest absolute Gasteiger partial charge is 0.291 e. The van der Waals surface area contributed by atoms with Gasteiger partial charge in [-0.1, -0.05) is 48.5 Å². The monoisotopic (exact) mass is 426 g/mol. The molecule has 3 aromatic rings. The Morgan fingerprint density at radius 1 is 0.938 bits per heavy atom. The van der Waals surface area contributed by atoms with E-state index >= 15 is 0 Å². The Balaban J connectivity index is 1.29. The second-order valence-electron chi connectivity index (χ2n) is 10.3. The van der Waals surface area contributed by atoms with Gasteiger partial charge in [0.2, 0.25) is 5.82 Å². The topological polar surface area (TPSA) is 59.8 Å². The Morgan fingerprint density at radius 3 is 2.09 bits per heavy atom. The van der Waals surface area contributed by atoms with Crippen molar-refractivity contribution in [1.29, 1.82) is 0 Å². The predicted octanol–water partition coefficient (Wildman–Crippen LogP) is 5.27. The van der Waals surface area contributed by atoms with Crippen molar-refractivity contribution in [2.75, 3.05) is 0 Å². The van der Waals surface area contributed by atoms with Crippen molar-refractivity contribution in [3.8, 4) is 17.1 Å². The summed E-state index contributed by atoms with van der Waals surface area (Å²) < 4.78 is 1.78.